The van der Waals surface area contributed by atoms with E-state index in [0.29, 0.717) is 12.8 Å². The third-order valence-corrected chi connectivity index (χ3v) is 9.93. The first-order valence-corrected chi connectivity index (χ1v) is 12.9. The Kier molecular flexibility index (Phi) is 6.74. The van der Waals surface area contributed by atoms with Gasteiger partial charge in [0.15, 0.2) is 4.75 Å². The molecule has 0 spiro atoms. The van der Waals surface area contributed by atoms with E-state index in [0.717, 1.165) is 28.0 Å². The van der Waals surface area contributed by atoms with E-state index in [1.54, 1.807) is 7.11 Å². The second-order valence-electron chi connectivity index (χ2n) is 9.39. The normalized spacial score (nSPS) is 26.5. The van der Waals surface area contributed by atoms with Crippen LogP contribution in [0.25, 0.3) is 11.1 Å². The lowest BCUT2D eigenvalue weighted by Crippen LogP contribution is -2.56. The van der Waals surface area contributed by atoms with Crippen molar-refractivity contribution in [1.29, 1.82) is 0 Å². The first kappa shape index (κ1) is 24.7. The molecule has 2 aromatic carbocycles. The van der Waals surface area contributed by atoms with E-state index in [2.05, 4.69) is 25.1 Å². The fourth-order valence-corrected chi connectivity index (χ4v) is 7.50. The topological polar surface area (TPSA) is 130 Å². The molecular formula is C25H32N2O6S. The van der Waals surface area contributed by atoms with Gasteiger partial charge in [0.1, 0.15) is 5.75 Å². The minimum atomic E-state index is -4.12. The predicted molar refractivity (Wildman–Crippen MR) is 129 cm³/mol. The van der Waals surface area contributed by atoms with Crippen LogP contribution in [0, 0.1) is 6.92 Å². The maximum absolute atomic E-state index is 13.4. The van der Waals surface area contributed by atoms with Gasteiger partial charge in [-0.25, -0.2) is 12.7 Å². The number of ether oxygens (including phenoxy) is 1. The summed E-state index contributed by atoms with van der Waals surface area (Å²) in [4.78, 5) is 12.2. The smallest absolute Gasteiger partial charge is 0.240 e. The van der Waals surface area contributed by atoms with E-state index in [9.17, 15) is 23.4 Å². The minimum Gasteiger partial charge on any atom is -0.497 e. The van der Waals surface area contributed by atoms with Gasteiger partial charge >= 0.3 is 0 Å². The van der Waals surface area contributed by atoms with Gasteiger partial charge in [0.2, 0.25) is 15.9 Å². The van der Waals surface area contributed by atoms with Crippen molar-refractivity contribution < 1.29 is 28.2 Å². The van der Waals surface area contributed by atoms with Crippen LogP contribution < -0.4 is 10.5 Å². The summed E-state index contributed by atoms with van der Waals surface area (Å²) in [5, 5.41) is 19.9. The Bertz CT molecular complexity index is 1160. The molecule has 0 bridgehead atoms. The zero-order valence-corrected chi connectivity index (χ0v) is 20.3. The number of hydrogen-bond donors (Lipinski definition) is 3. The summed E-state index contributed by atoms with van der Waals surface area (Å²) in [7, 11) is -2.48. The summed E-state index contributed by atoms with van der Waals surface area (Å²) in [6.45, 7) is 2.57. The summed E-state index contributed by atoms with van der Waals surface area (Å²) < 4.78 is 31.4. The zero-order valence-electron chi connectivity index (χ0n) is 19.5. The largest absolute Gasteiger partial charge is 0.497 e. The molecule has 0 radical (unpaired) electrons. The summed E-state index contributed by atoms with van der Waals surface area (Å²) in [5.41, 5.74) is 9.95. The number of nitrogens with two attached hydrogens (primary N) is 1. The number of piperidine rings is 1. The highest BCUT2D eigenvalue weighted by atomic mass is 32.2. The summed E-state index contributed by atoms with van der Waals surface area (Å²) in [6.07, 6.45) is -2.11. The van der Waals surface area contributed by atoms with Crippen LogP contribution in [0.3, 0.4) is 0 Å². The fraction of sp³-hybridized carbons (Fsp3) is 0.480. The van der Waals surface area contributed by atoms with Crippen molar-refractivity contribution in [2.24, 2.45) is 5.73 Å². The molecule has 1 amide bonds. The SMILES string of the molecule is COc1cccc(-c2ccc(C3CCN(S(=O)(=O)C4(C(N)=O)CC(O)C(O)C4)CC3)cc2C)c1. The molecule has 1 aliphatic heterocycles. The Hall–Kier alpha value is -2.46. The summed E-state index contributed by atoms with van der Waals surface area (Å²) in [5.74, 6) is -0.0339. The highest BCUT2D eigenvalue weighted by molar-refractivity contribution is 7.91. The molecule has 2 atom stereocenters. The lowest BCUT2D eigenvalue weighted by molar-refractivity contribution is -0.120. The number of methoxy groups -OCH3 is 1. The Labute approximate surface area is 200 Å². The van der Waals surface area contributed by atoms with Gasteiger partial charge in [-0.05, 0) is 60.1 Å². The van der Waals surface area contributed by atoms with Gasteiger partial charge in [0.05, 0.1) is 19.3 Å². The number of benzene rings is 2. The van der Waals surface area contributed by atoms with Crippen LogP contribution in [-0.4, -0.2) is 66.0 Å². The van der Waals surface area contributed by atoms with Crippen molar-refractivity contribution in [3.8, 4) is 16.9 Å². The highest BCUT2D eigenvalue weighted by Crippen LogP contribution is 2.41. The molecule has 1 aliphatic carbocycles. The standard InChI is InChI=1S/C25H32N2O6S/c1-16-12-18(6-7-21(16)19-4-3-5-20(13-19)33-2)17-8-10-27(11-9-17)34(31,32)25(24(26)30)14-22(28)23(29)15-25/h3-7,12-13,17,22-23,28-29H,8-11,14-15H2,1-2H3,(H2,26,30). The number of hydrogen-bond acceptors (Lipinski definition) is 6. The third kappa shape index (κ3) is 4.22. The molecule has 0 aromatic heterocycles. The quantitative estimate of drug-likeness (QED) is 0.570. The van der Waals surface area contributed by atoms with Crippen LogP contribution in [0.5, 0.6) is 5.75 Å². The van der Waals surface area contributed by atoms with Gasteiger partial charge in [0, 0.05) is 25.9 Å². The van der Waals surface area contributed by atoms with Crippen molar-refractivity contribution in [3.63, 3.8) is 0 Å². The predicted octanol–water partition coefficient (Wildman–Crippen LogP) is 1.92. The molecule has 2 unspecified atom stereocenters. The van der Waals surface area contributed by atoms with Crippen LogP contribution in [0.15, 0.2) is 42.5 Å². The van der Waals surface area contributed by atoms with E-state index in [1.807, 2.05) is 24.3 Å². The number of amides is 1. The number of rotatable bonds is 6. The zero-order chi connectivity index (χ0) is 24.7. The molecule has 2 aromatic rings. The van der Waals surface area contributed by atoms with Crippen molar-refractivity contribution in [2.45, 2.75) is 55.5 Å². The fourth-order valence-electron chi connectivity index (χ4n) is 5.30. The average molecular weight is 489 g/mol. The number of carbonyl (C=O) groups is 1. The molecule has 2 fully saturated rings. The molecular weight excluding hydrogens is 456 g/mol. The number of aliphatic hydroxyl groups is 2. The van der Waals surface area contributed by atoms with E-state index in [-0.39, 0.29) is 31.8 Å². The first-order valence-electron chi connectivity index (χ1n) is 11.5. The number of nitrogens with zero attached hydrogens (tertiary/aromatic N) is 1. The van der Waals surface area contributed by atoms with Crippen LogP contribution in [0.1, 0.15) is 42.7 Å². The average Bonchev–Trinajstić information content (AvgIpc) is 3.15. The number of aliphatic hydroxyl groups excluding tert-OH is 2. The molecule has 1 saturated heterocycles. The van der Waals surface area contributed by atoms with Crippen molar-refractivity contribution in [3.05, 3.63) is 53.6 Å². The van der Waals surface area contributed by atoms with Gasteiger partial charge in [-0.1, -0.05) is 30.3 Å². The molecule has 2 aliphatic rings. The Balaban J connectivity index is 1.49. The van der Waals surface area contributed by atoms with Crippen molar-refractivity contribution in [1.82, 2.24) is 4.31 Å². The monoisotopic (exact) mass is 488 g/mol. The lowest BCUT2D eigenvalue weighted by atomic mass is 9.87. The molecule has 1 saturated carbocycles. The number of primary amides is 1. The van der Waals surface area contributed by atoms with Gasteiger partial charge < -0.3 is 20.7 Å². The second-order valence-corrected chi connectivity index (χ2v) is 11.6. The maximum Gasteiger partial charge on any atom is 0.240 e. The van der Waals surface area contributed by atoms with Crippen LogP contribution in [-0.2, 0) is 14.8 Å². The maximum atomic E-state index is 13.4. The van der Waals surface area contributed by atoms with Gasteiger partial charge in [-0.2, -0.15) is 0 Å². The van der Waals surface area contributed by atoms with E-state index < -0.39 is 32.9 Å². The Morgan fingerprint density at radius 2 is 1.74 bits per heavy atom. The van der Waals surface area contributed by atoms with Crippen LogP contribution in [0.4, 0.5) is 0 Å². The molecule has 4 N–H and O–H groups in total. The van der Waals surface area contributed by atoms with Gasteiger partial charge in [-0.15, -0.1) is 0 Å². The molecule has 1 heterocycles. The number of carbonyl (C=O) groups excluding carboxylic acids is 1. The molecule has 8 nitrogen and oxygen atoms in total. The second kappa shape index (κ2) is 9.30. The van der Waals surface area contributed by atoms with E-state index in [1.165, 1.54) is 4.31 Å². The lowest BCUT2D eigenvalue weighted by Gasteiger charge is -2.37. The minimum absolute atomic E-state index is 0.189. The van der Waals surface area contributed by atoms with E-state index in [4.69, 9.17) is 10.5 Å². The van der Waals surface area contributed by atoms with Gasteiger partial charge in [0.25, 0.3) is 0 Å². The first-order chi connectivity index (χ1) is 16.1. The highest BCUT2D eigenvalue weighted by Gasteiger charge is 2.59. The van der Waals surface area contributed by atoms with Crippen LogP contribution in [0.2, 0.25) is 0 Å². The van der Waals surface area contributed by atoms with Crippen molar-refractivity contribution in [2.75, 3.05) is 20.2 Å². The van der Waals surface area contributed by atoms with E-state index >= 15 is 0 Å². The van der Waals surface area contributed by atoms with Crippen LogP contribution >= 0.6 is 0 Å². The molecule has 4 rings (SSSR count). The number of sulfonamides is 1. The molecule has 9 heteroatoms. The Morgan fingerprint density at radius 3 is 2.29 bits per heavy atom. The summed E-state index contributed by atoms with van der Waals surface area (Å²) >= 11 is 0. The number of aryl methyl sites for hydroxylation is 1. The summed E-state index contributed by atoms with van der Waals surface area (Å²) in [6, 6.07) is 14.2. The van der Waals surface area contributed by atoms with Crippen molar-refractivity contribution >= 4 is 15.9 Å². The molecule has 34 heavy (non-hydrogen) atoms. The Morgan fingerprint density at radius 1 is 1.09 bits per heavy atom. The van der Waals surface area contributed by atoms with Gasteiger partial charge in [-0.3, -0.25) is 4.79 Å². The molecule has 184 valence electrons. The third-order valence-electron chi connectivity index (χ3n) is 7.36.